The largest absolute Gasteiger partial charge is 0.459 e. The third-order valence-corrected chi connectivity index (χ3v) is 3.16. The molecule has 0 saturated carbocycles. The lowest BCUT2D eigenvalue weighted by atomic mass is 10.0. The Kier molecular flexibility index (Phi) is 6.83. The fourth-order valence-corrected chi connectivity index (χ4v) is 2.16. The van der Waals surface area contributed by atoms with E-state index in [9.17, 15) is 19.3 Å². The molecule has 0 aliphatic heterocycles. The van der Waals surface area contributed by atoms with Crippen LogP contribution in [0.5, 0.6) is 0 Å². The maximum atomic E-state index is 13.4. The zero-order valence-corrected chi connectivity index (χ0v) is 14.8. The third kappa shape index (κ3) is 6.62. The maximum Gasteiger partial charge on any atom is 0.323 e. The molecule has 0 spiro atoms. The number of carbonyl (C=O) groups excluding carboxylic acids is 1. The molecule has 0 heterocycles. The minimum Gasteiger partial charge on any atom is -0.459 e. The molecule has 1 N–H and O–H groups in total. The number of nitrogens with zero attached hydrogens (tertiary/aromatic N) is 1. The number of ether oxygens (including phenoxy) is 1. The normalized spacial score (nSPS) is 13.0. The fourth-order valence-electron chi connectivity index (χ4n) is 2.16. The summed E-state index contributed by atoms with van der Waals surface area (Å²) in [7, 11) is 0. The van der Waals surface area contributed by atoms with Gasteiger partial charge >= 0.3 is 11.7 Å². The van der Waals surface area contributed by atoms with Crippen molar-refractivity contribution in [3.05, 3.63) is 39.7 Å². The van der Waals surface area contributed by atoms with Crippen LogP contribution in [0.25, 0.3) is 0 Å². The predicted molar refractivity (Wildman–Crippen MR) is 89.0 cm³/mol. The van der Waals surface area contributed by atoms with Crippen LogP contribution >= 0.6 is 0 Å². The molecule has 1 atom stereocenters. The quantitative estimate of drug-likeness (QED) is 0.466. The topological polar surface area (TPSA) is 81.5 Å². The molecule has 134 valence electrons. The van der Waals surface area contributed by atoms with Crippen LogP contribution in [0.15, 0.2) is 18.2 Å². The molecule has 0 amide bonds. The number of hydrogen-bond acceptors (Lipinski definition) is 5. The van der Waals surface area contributed by atoms with Crippen LogP contribution in [0.4, 0.5) is 10.1 Å². The van der Waals surface area contributed by atoms with Crippen molar-refractivity contribution in [3.8, 4) is 0 Å². The van der Waals surface area contributed by atoms with Crippen molar-refractivity contribution >= 4 is 11.7 Å². The van der Waals surface area contributed by atoms with E-state index < -0.39 is 28.1 Å². The molecule has 7 heteroatoms. The molecule has 0 fully saturated rings. The summed E-state index contributed by atoms with van der Waals surface area (Å²) in [6.07, 6.45) is 0.568. The molecular weight excluding hydrogens is 315 g/mol. The van der Waals surface area contributed by atoms with Crippen LogP contribution in [0, 0.1) is 21.8 Å². The van der Waals surface area contributed by atoms with Gasteiger partial charge in [0, 0.05) is 12.6 Å². The average Bonchev–Trinajstić information content (AvgIpc) is 2.42. The first-order chi connectivity index (χ1) is 11.0. The molecule has 0 aliphatic carbocycles. The van der Waals surface area contributed by atoms with Crippen LogP contribution in [0.1, 0.15) is 46.6 Å². The van der Waals surface area contributed by atoms with Crippen LogP contribution in [0.2, 0.25) is 0 Å². The summed E-state index contributed by atoms with van der Waals surface area (Å²) >= 11 is 0. The fraction of sp³-hybridized carbons (Fsp3) is 0.588. The summed E-state index contributed by atoms with van der Waals surface area (Å²) in [6, 6.07) is 3.15. The van der Waals surface area contributed by atoms with E-state index in [0.717, 1.165) is 6.07 Å². The first-order valence-corrected chi connectivity index (χ1v) is 7.88. The summed E-state index contributed by atoms with van der Waals surface area (Å²) in [4.78, 5) is 22.3. The van der Waals surface area contributed by atoms with Gasteiger partial charge in [0.25, 0.3) is 0 Å². The first kappa shape index (κ1) is 20.0. The van der Waals surface area contributed by atoms with Gasteiger partial charge in [0.15, 0.2) is 0 Å². The molecule has 24 heavy (non-hydrogen) atoms. The van der Waals surface area contributed by atoms with Crippen LogP contribution in [0.3, 0.4) is 0 Å². The lowest BCUT2D eigenvalue weighted by Crippen LogP contribution is -2.41. The molecule has 0 unspecified atom stereocenters. The first-order valence-electron chi connectivity index (χ1n) is 7.88. The van der Waals surface area contributed by atoms with Crippen molar-refractivity contribution in [2.24, 2.45) is 5.92 Å². The Balaban J connectivity index is 2.83. The molecule has 6 nitrogen and oxygen atoms in total. The highest BCUT2D eigenvalue weighted by molar-refractivity contribution is 5.76. The predicted octanol–water partition coefficient (Wildman–Crippen LogP) is 3.58. The number of rotatable bonds is 7. The SMILES string of the molecule is CC(C)C[C@H](NCc1ccc(F)c([N+](=O)[O-])c1)C(=O)OC(C)(C)C. The Hall–Kier alpha value is -2.02. The van der Waals surface area contributed by atoms with Gasteiger partial charge in [-0.1, -0.05) is 19.9 Å². The number of nitrogens with one attached hydrogen (secondary N) is 1. The van der Waals surface area contributed by atoms with Gasteiger partial charge in [0.1, 0.15) is 11.6 Å². The summed E-state index contributed by atoms with van der Waals surface area (Å²) < 4.78 is 18.8. The van der Waals surface area contributed by atoms with Crippen molar-refractivity contribution in [2.45, 2.75) is 59.2 Å². The van der Waals surface area contributed by atoms with Crippen molar-refractivity contribution in [1.29, 1.82) is 0 Å². The van der Waals surface area contributed by atoms with Crippen molar-refractivity contribution in [2.75, 3.05) is 0 Å². The molecule has 1 aromatic carbocycles. The number of carbonyl (C=O) groups is 1. The summed E-state index contributed by atoms with van der Waals surface area (Å²) in [5.74, 6) is -0.986. The minimum atomic E-state index is -0.880. The van der Waals surface area contributed by atoms with Gasteiger partial charge in [0.2, 0.25) is 5.82 Å². The number of esters is 1. The zero-order chi connectivity index (χ0) is 18.5. The Morgan fingerprint density at radius 1 is 1.38 bits per heavy atom. The lowest BCUT2D eigenvalue weighted by Gasteiger charge is -2.25. The highest BCUT2D eigenvalue weighted by atomic mass is 19.1. The van der Waals surface area contributed by atoms with Gasteiger partial charge in [-0.15, -0.1) is 0 Å². The van der Waals surface area contributed by atoms with Crippen LogP contribution in [-0.4, -0.2) is 22.5 Å². The minimum absolute atomic E-state index is 0.206. The van der Waals surface area contributed by atoms with Crippen LogP contribution < -0.4 is 5.32 Å². The van der Waals surface area contributed by atoms with Gasteiger partial charge in [-0.05, 0) is 44.7 Å². The molecular formula is C17H25FN2O4. The van der Waals surface area contributed by atoms with E-state index in [0.29, 0.717) is 12.0 Å². The number of nitro groups is 1. The average molecular weight is 340 g/mol. The number of benzene rings is 1. The smallest absolute Gasteiger partial charge is 0.323 e. The molecule has 1 rings (SSSR count). The molecule has 0 saturated heterocycles. The summed E-state index contributed by atoms with van der Waals surface area (Å²) in [5, 5.41) is 13.8. The van der Waals surface area contributed by atoms with Gasteiger partial charge < -0.3 is 10.1 Å². The molecule has 1 aromatic rings. The van der Waals surface area contributed by atoms with E-state index >= 15 is 0 Å². The van der Waals surface area contributed by atoms with E-state index in [4.69, 9.17) is 4.74 Å². The highest BCUT2D eigenvalue weighted by Crippen LogP contribution is 2.19. The van der Waals surface area contributed by atoms with E-state index in [1.165, 1.54) is 12.1 Å². The zero-order valence-electron chi connectivity index (χ0n) is 14.8. The Morgan fingerprint density at radius 3 is 2.50 bits per heavy atom. The molecule has 0 aromatic heterocycles. The van der Waals surface area contributed by atoms with Gasteiger partial charge in [0.05, 0.1) is 4.92 Å². The number of halogens is 1. The van der Waals surface area contributed by atoms with Crippen molar-refractivity contribution < 1.29 is 18.8 Å². The maximum absolute atomic E-state index is 13.4. The van der Waals surface area contributed by atoms with Gasteiger partial charge in [-0.2, -0.15) is 4.39 Å². The van der Waals surface area contributed by atoms with E-state index in [1.54, 1.807) is 20.8 Å². The van der Waals surface area contributed by atoms with Crippen molar-refractivity contribution in [3.63, 3.8) is 0 Å². The second-order valence-electron chi connectivity index (χ2n) is 7.14. The molecule has 0 bridgehead atoms. The number of hydrogen-bond donors (Lipinski definition) is 1. The monoisotopic (exact) mass is 340 g/mol. The Morgan fingerprint density at radius 2 is 2.00 bits per heavy atom. The van der Waals surface area contributed by atoms with Gasteiger partial charge in [-0.3, -0.25) is 14.9 Å². The Labute approximate surface area is 141 Å². The highest BCUT2D eigenvalue weighted by Gasteiger charge is 2.25. The number of nitro benzene ring substituents is 1. The third-order valence-electron chi connectivity index (χ3n) is 3.16. The Bertz CT molecular complexity index is 597. The lowest BCUT2D eigenvalue weighted by molar-refractivity contribution is -0.387. The second-order valence-corrected chi connectivity index (χ2v) is 7.14. The van der Waals surface area contributed by atoms with Crippen LogP contribution in [-0.2, 0) is 16.1 Å². The van der Waals surface area contributed by atoms with Crippen molar-refractivity contribution in [1.82, 2.24) is 5.32 Å². The van der Waals surface area contributed by atoms with Gasteiger partial charge in [-0.25, -0.2) is 0 Å². The standard InChI is InChI=1S/C17H25FN2O4/c1-11(2)8-14(16(21)24-17(3,4)5)19-10-12-6-7-13(18)15(9-12)20(22)23/h6-7,9,11,14,19H,8,10H2,1-5H3/t14-/m0/s1. The van der Waals surface area contributed by atoms with E-state index in [1.807, 2.05) is 13.8 Å². The molecule has 0 radical (unpaired) electrons. The van der Waals surface area contributed by atoms with E-state index in [2.05, 4.69) is 5.32 Å². The second kappa shape index (κ2) is 8.19. The summed E-state index contributed by atoms with van der Waals surface area (Å²) in [6.45, 7) is 9.56. The molecule has 0 aliphatic rings. The summed E-state index contributed by atoms with van der Waals surface area (Å²) in [5.41, 5.74) is -0.643. The van der Waals surface area contributed by atoms with E-state index in [-0.39, 0.29) is 18.4 Å².